The first-order valence-corrected chi connectivity index (χ1v) is 3.29. The number of nitrogens with zero attached hydrogens (tertiary/aromatic N) is 1. The highest BCUT2D eigenvalue weighted by Gasteiger charge is 1.84. The molecular weight excluding hydrogens is 124 g/mol. The lowest BCUT2D eigenvalue weighted by Gasteiger charge is -1.92. The summed E-state index contributed by atoms with van der Waals surface area (Å²) in [7, 11) is 0. The lowest BCUT2D eigenvalue weighted by atomic mass is 10.2. The maximum atomic E-state index is 5.42. The Morgan fingerprint density at radius 1 is 1.60 bits per heavy atom. The molecule has 0 bridgehead atoms. The molecule has 0 rings (SSSR count). The molecule has 2 N–H and O–H groups in total. The fraction of sp³-hybridized carbons (Fsp3) is 0.375. The van der Waals surface area contributed by atoms with Crippen molar-refractivity contribution in [1.82, 2.24) is 0 Å². The zero-order valence-electron chi connectivity index (χ0n) is 6.54. The third-order valence-electron chi connectivity index (χ3n) is 0.892. The quantitative estimate of drug-likeness (QED) is 0.468. The van der Waals surface area contributed by atoms with Crippen LogP contribution in [0, 0.1) is 5.92 Å². The highest BCUT2D eigenvalue weighted by atomic mass is 14.8. The summed E-state index contributed by atoms with van der Waals surface area (Å²) in [5.41, 5.74) is 5.42. The van der Waals surface area contributed by atoms with Crippen LogP contribution in [-0.4, -0.2) is 5.84 Å². The molecule has 2 nitrogen and oxygen atoms in total. The topological polar surface area (TPSA) is 38.4 Å². The first-order chi connectivity index (χ1) is 4.66. The molecule has 56 valence electrons. The predicted octanol–water partition coefficient (Wildman–Crippen LogP) is 1.70. The highest BCUT2D eigenvalue weighted by molar-refractivity contribution is 5.91. The van der Waals surface area contributed by atoms with E-state index in [2.05, 4.69) is 25.4 Å². The van der Waals surface area contributed by atoms with Crippen LogP contribution in [0.15, 0.2) is 29.9 Å². The summed E-state index contributed by atoms with van der Waals surface area (Å²) in [4.78, 5) is 3.77. The molecule has 0 aliphatic heterocycles. The van der Waals surface area contributed by atoms with Gasteiger partial charge < -0.3 is 5.73 Å². The van der Waals surface area contributed by atoms with Crippen LogP contribution in [0.4, 0.5) is 0 Å². The van der Waals surface area contributed by atoms with Crippen molar-refractivity contribution in [3.8, 4) is 0 Å². The van der Waals surface area contributed by atoms with Crippen LogP contribution in [0.5, 0.6) is 0 Å². The Labute approximate surface area is 62.1 Å². The average molecular weight is 138 g/mol. The van der Waals surface area contributed by atoms with E-state index in [0.717, 1.165) is 0 Å². The van der Waals surface area contributed by atoms with Gasteiger partial charge in [0, 0.05) is 6.20 Å². The van der Waals surface area contributed by atoms with E-state index in [4.69, 9.17) is 5.73 Å². The van der Waals surface area contributed by atoms with E-state index in [1.54, 1.807) is 6.08 Å². The van der Waals surface area contributed by atoms with Crippen LogP contribution in [0.3, 0.4) is 0 Å². The zero-order chi connectivity index (χ0) is 7.98. The maximum Gasteiger partial charge on any atom is 0.122 e. The Morgan fingerprint density at radius 2 is 2.20 bits per heavy atom. The molecule has 0 aliphatic rings. The van der Waals surface area contributed by atoms with Crippen molar-refractivity contribution in [1.29, 1.82) is 0 Å². The molecule has 10 heavy (non-hydrogen) atoms. The second-order valence-corrected chi connectivity index (χ2v) is 2.34. The van der Waals surface area contributed by atoms with Gasteiger partial charge in [-0.3, -0.25) is 0 Å². The third-order valence-corrected chi connectivity index (χ3v) is 0.892. The normalized spacial score (nSPS) is 12.9. The third kappa shape index (κ3) is 5.09. The average Bonchev–Trinajstić information content (AvgIpc) is 1.85. The minimum atomic E-state index is 0.503. The summed E-state index contributed by atoms with van der Waals surface area (Å²) in [6.07, 6.45) is 5.20. The Morgan fingerprint density at radius 3 is 2.60 bits per heavy atom. The van der Waals surface area contributed by atoms with Crippen molar-refractivity contribution in [3.05, 3.63) is 24.9 Å². The summed E-state index contributed by atoms with van der Waals surface area (Å²) < 4.78 is 0. The van der Waals surface area contributed by atoms with Crippen LogP contribution < -0.4 is 5.73 Å². The number of aliphatic imine (C=N–C) groups is 1. The van der Waals surface area contributed by atoms with Gasteiger partial charge in [0.15, 0.2) is 0 Å². The predicted molar refractivity (Wildman–Crippen MR) is 45.8 cm³/mol. The van der Waals surface area contributed by atoms with Crippen LogP contribution >= 0.6 is 0 Å². The zero-order valence-corrected chi connectivity index (χ0v) is 6.54. The van der Waals surface area contributed by atoms with Gasteiger partial charge in [-0.15, -0.1) is 0 Å². The lowest BCUT2D eigenvalue weighted by molar-refractivity contribution is 0.832. The van der Waals surface area contributed by atoms with Gasteiger partial charge in [-0.05, 0) is 12.0 Å². The summed E-state index contributed by atoms with van der Waals surface area (Å²) in [6, 6.07) is 0. The fourth-order valence-corrected chi connectivity index (χ4v) is 0.439. The minimum Gasteiger partial charge on any atom is -0.384 e. The first kappa shape index (κ1) is 8.95. The Balaban J connectivity index is 3.88. The number of nitrogens with two attached hydrogens (primary N) is 1. The SMILES string of the molecule is C=CN=C(N)/C=C\C(C)C. The number of rotatable bonds is 3. The van der Waals surface area contributed by atoms with E-state index < -0.39 is 0 Å². The van der Waals surface area contributed by atoms with Crippen molar-refractivity contribution in [2.75, 3.05) is 0 Å². The summed E-state index contributed by atoms with van der Waals surface area (Å²) in [5, 5.41) is 0. The number of allylic oxidation sites excluding steroid dienone is 1. The Hall–Kier alpha value is -1.05. The Bertz CT molecular complexity index is 155. The van der Waals surface area contributed by atoms with Crippen LogP contribution in [0.2, 0.25) is 0 Å². The summed E-state index contributed by atoms with van der Waals surface area (Å²) in [6.45, 7) is 7.59. The number of amidine groups is 1. The van der Waals surface area contributed by atoms with E-state index in [9.17, 15) is 0 Å². The van der Waals surface area contributed by atoms with E-state index in [-0.39, 0.29) is 0 Å². The fourth-order valence-electron chi connectivity index (χ4n) is 0.439. The monoisotopic (exact) mass is 138 g/mol. The van der Waals surface area contributed by atoms with Gasteiger partial charge in [0.05, 0.1) is 0 Å². The molecule has 0 unspecified atom stereocenters. The van der Waals surface area contributed by atoms with Gasteiger partial charge >= 0.3 is 0 Å². The molecule has 0 heterocycles. The smallest absolute Gasteiger partial charge is 0.122 e. The van der Waals surface area contributed by atoms with Gasteiger partial charge in [-0.1, -0.05) is 26.5 Å². The van der Waals surface area contributed by atoms with Crippen LogP contribution in [-0.2, 0) is 0 Å². The molecule has 0 aromatic carbocycles. The Kier molecular flexibility index (Phi) is 4.29. The molecule has 0 aliphatic carbocycles. The molecule has 0 amide bonds. The lowest BCUT2D eigenvalue weighted by Crippen LogP contribution is -2.06. The van der Waals surface area contributed by atoms with Crippen molar-refractivity contribution in [3.63, 3.8) is 0 Å². The summed E-state index contributed by atoms with van der Waals surface area (Å²) >= 11 is 0. The molecule has 2 heteroatoms. The van der Waals surface area contributed by atoms with E-state index in [1.165, 1.54) is 6.20 Å². The molecule has 0 radical (unpaired) electrons. The van der Waals surface area contributed by atoms with Gasteiger partial charge in [0.25, 0.3) is 0 Å². The van der Waals surface area contributed by atoms with Gasteiger partial charge in [-0.25, -0.2) is 4.99 Å². The maximum absolute atomic E-state index is 5.42. The second kappa shape index (κ2) is 4.79. The number of hydrogen-bond donors (Lipinski definition) is 1. The van der Waals surface area contributed by atoms with E-state index >= 15 is 0 Å². The van der Waals surface area contributed by atoms with Crippen LogP contribution in [0.1, 0.15) is 13.8 Å². The standard InChI is InChI=1S/C8H14N2/c1-4-10-8(9)6-5-7(2)3/h4-7H,1H2,2-3H3,(H2,9,10)/b6-5-. The van der Waals surface area contributed by atoms with Gasteiger partial charge in [0.2, 0.25) is 0 Å². The molecule has 0 saturated carbocycles. The van der Waals surface area contributed by atoms with E-state index in [1.807, 2.05) is 6.08 Å². The molecule has 0 spiro atoms. The molecular formula is C8H14N2. The number of hydrogen-bond acceptors (Lipinski definition) is 1. The van der Waals surface area contributed by atoms with Gasteiger partial charge in [-0.2, -0.15) is 0 Å². The molecule has 0 fully saturated rings. The highest BCUT2D eigenvalue weighted by Crippen LogP contribution is 1.92. The van der Waals surface area contributed by atoms with E-state index in [0.29, 0.717) is 11.8 Å². The minimum absolute atomic E-state index is 0.503. The summed E-state index contributed by atoms with van der Waals surface area (Å²) in [5.74, 6) is 1.02. The van der Waals surface area contributed by atoms with Crippen molar-refractivity contribution < 1.29 is 0 Å². The molecule has 0 saturated heterocycles. The molecule has 0 aromatic heterocycles. The van der Waals surface area contributed by atoms with Gasteiger partial charge in [0.1, 0.15) is 5.84 Å². The second-order valence-electron chi connectivity index (χ2n) is 2.34. The first-order valence-electron chi connectivity index (χ1n) is 3.29. The molecule has 0 aromatic rings. The van der Waals surface area contributed by atoms with Crippen LogP contribution in [0.25, 0.3) is 0 Å². The van der Waals surface area contributed by atoms with Crippen molar-refractivity contribution >= 4 is 5.84 Å². The van der Waals surface area contributed by atoms with Crippen molar-refractivity contribution in [2.24, 2.45) is 16.6 Å². The molecule has 0 atom stereocenters. The largest absolute Gasteiger partial charge is 0.384 e. The van der Waals surface area contributed by atoms with Crippen molar-refractivity contribution in [2.45, 2.75) is 13.8 Å².